The molecule has 0 aliphatic rings. The van der Waals surface area contributed by atoms with Crippen LogP contribution in [0.1, 0.15) is 23.8 Å². The van der Waals surface area contributed by atoms with Crippen molar-refractivity contribution in [3.05, 3.63) is 27.9 Å². The average Bonchev–Trinajstić information content (AvgIpc) is 2.74. The van der Waals surface area contributed by atoms with Crippen LogP contribution in [0.4, 0.5) is 5.82 Å². The Balaban J connectivity index is 2.56. The van der Waals surface area contributed by atoms with Gasteiger partial charge in [-0.2, -0.15) is 0 Å². The number of carbonyl (C=O) groups is 1. The molecule has 88 valence electrons. The van der Waals surface area contributed by atoms with E-state index < -0.39 is 10.8 Å². The molecule has 0 aliphatic heterocycles. The van der Waals surface area contributed by atoms with Crippen molar-refractivity contribution >= 4 is 11.7 Å². The summed E-state index contributed by atoms with van der Waals surface area (Å²) in [6, 6.07) is 2.51. The van der Waals surface area contributed by atoms with Gasteiger partial charge in [-0.1, -0.05) is 6.92 Å². The highest BCUT2D eigenvalue weighted by Crippen LogP contribution is 2.09. The molecule has 0 saturated heterocycles. The lowest BCUT2D eigenvalue weighted by Gasteiger charge is -2.08. The quantitative estimate of drug-likeness (QED) is 0.497. The second-order valence-corrected chi connectivity index (χ2v) is 3.39. The Labute approximate surface area is 92.2 Å². The van der Waals surface area contributed by atoms with E-state index in [2.05, 4.69) is 10.3 Å². The largest absolute Gasteiger partial charge is 0.358 e. The van der Waals surface area contributed by atoms with Crippen molar-refractivity contribution in [1.82, 2.24) is 10.3 Å². The summed E-state index contributed by atoms with van der Waals surface area (Å²) >= 11 is 0. The monoisotopic (exact) mass is 226 g/mol. The molecule has 1 amide bonds. The summed E-state index contributed by atoms with van der Waals surface area (Å²) < 4.78 is 0. The molecule has 4 N–H and O–H groups in total. The van der Waals surface area contributed by atoms with E-state index >= 15 is 0 Å². The van der Waals surface area contributed by atoms with E-state index in [9.17, 15) is 14.9 Å². The summed E-state index contributed by atoms with van der Waals surface area (Å²) in [6.07, 6.45) is 0.755. The predicted octanol–water partition coefficient (Wildman–Crippen LogP) is 0.390. The minimum Gasteiger partial charge on any atom is -0.358 e. The molecular weight excluding hydrogens is 212 g/mol. The van der Waals surface area contributed by atoms with Crippen molar-refractivity contribution in [1.29, 1.82) is 0 Å². The third kappa shape index (κ3) is 3.06. The van der Waals surface area contributed by atoms with Gasteiger partial charge in [-0.05, 0) is 17.4 Å². The molecule has 0 bridgehead atoms. The van der Waals surface area contributed by atoms with Gasteiger partial charge in [-0.15, -0.1) is 0 Å². The molecule has 0 fully saturated rings. The van der Waals surface area contributed by atoms with E-state index in [0.717, 1.165) is 6.42 Å². The Kier molecular flexibility index (Phi) is 4.01. The molecule has 0 aliphatic carbocycles. The number of nitrogens with zero attached hydrogens (tertiary/aromatic N) is 1. The fraction of sp³-hybridized carbons (Fsp3) is 0.444. The second kappa shape index (κ2) is 5.26. The zero-order chi connectivity index (χ0) is 12.1. The molecule has 1 atom stereocenters. The predicted molar refractivity (Wildman–Crippen MR) is 58.0 cm³/mol. The van der Waals surface area contributed by atoms with Gasteiger partial charge in [0, 0.05) is 18.7 Å². The van der Waals surface area contributed by atoms with Crippen LogP contribution >= 0.6 is 0 Å². The maximum Gasteiger partial charge on any atom is 0.321 e. The molecular formula is C9H14N4O3. The summed E-state index contributed by atoms with van der Waals surface area (Å²) in [5.74, 6) is -0.595. The highest BCUT2D eigenvalue weighted by atomic mass is 16.6. The van der Waals surface area contributed by atoms with Crippen LogP contribution in [-0.2, 0) is 0 Å². The minimum atomic E-state index is -0.589. The second-order valence-electron chi connectivity index (χ2n) is 3.39. The van der Waals surface area contributed by atoms with Crippen molar-refractivity contribution in [3.8, 4) is 0 Å². The number of nitrogens with two attached hydrogens (primary N) is 1. The van der Waals surface area contributed by atoms with Crippen LogP contribution in [0.3, 0.4) is 0 Å². The topological polar surface area (TPSA) is 114 Å². The molecule has 0 saturated carbocycles. The van der Waals surface area contributed by atoms with Crippen LogP contribution in [0.25, 0.3) is 0 Å². The number of aromatic amines is 1. The van der Waals surface area contributed by atoms with Gasteiger partial charge < -0.3 is 21.2 Å². The fourth-order valence-electron chi connectivity index (χ4n) is 1.09. The smallest absolute Gasteiger partial charge is 0.321 e. The Morgan fingerprint density at radius 2 is 2.38 bits per heavy atom. The zero-order valence-corrected chi connectivity index (χ0v) is 8.90. The first-order chi connectivity index (χ1) is 7.54. The SMILES string of the molecule is CCC(N)CNC(=O)c1ccc([N+](=O)[O-])[nH]1. The van der Waals surface area contributed by atoms with Gasteiger partial charge in [0.15, 0.2) is 5.69 Å². The van der Waals surface area contributed by atoms with E-state index in [4.69, 9.17) is 5.73 Å². The number of amides is 1. The van der Waals surface area contributed by atoms with Gasteiger partial charge >= 0.3 is 5.82 Å². The highest BCUT2D eigenvalue weighted by molar-refractivity contribution is 5.92. The lowest BCUT2D eigenvalue weighted by atomic mass is 10.2. The van der Waals surface area contributed by atoms with Crippen molar-refractivity contribution < 1.29 is 9.72 Å². The van der Waals surface area contributed by atoms with Crippen molar-refractivity contribution in [3.63, 3.8) is 0 Å². The number of hydrogen-bond acceptors (Lipinski definition) is 4. The summed E-state index contributed by atoms with van der Waals surface area (Å²) in [6.45, 7) is 2.26. The molecule has 1 unspecified atom stereocenters. The summed E-state index contributed by atoms with van der Waals surface area (Å²) in [5, 5.41) is 13.0. The highest BCUT2D eigenvalue weighted by Gasteiger charge is 2.15. The van der Waals surface area contributed by atoms with E-state index in [-0.39, 0.29) is 17.6 Å². The normalized spacial score (nSPS) is 12.1. The number of rotatable bonds is 5. The van der Waals surface area contributed by atoms with Crippen LogP contribution in [0.15, 0.2) is 12.1 Å². The first kappa shape index (κ1) is 12.2. The lowest BCUT2D eigenvalue weighted by Crippen LogP contribution is -2.36. The molecule has 0 aromatic carbocycles. The van der Waals surface area contributed by atoms with Gasteiger partial charge in [-0.25, -0.2) is 4.98 Å². The molecule has 0 radical (unpaired) electrons. The van der Waals surface area contributed by atoms with Crippen LogP contribution in [0.2, 0.25) is 0 Å². The van der Waals surface area contributed by atoms with E-state index in [1.165, 1.54) is 12.1 Å². The fourth-order valence-corrected chi connectivity index (χ4v) is 1.09. The van der Waals surface area contributed by atoms with Gasteiger partial charge in [0.2, 0.25) is 0 Å². The number of hydrogen-bond donors (Lipinski definition) is 3. The summed E-state index contributed by atoms with van der Waals surface area (Å²) in [4.78, 5) is 23.7. The average molecular weight is 226 g/mol. The Morgan fingerprint density at radius 1 is 1.69 bits per heavy atom. The number of aromatic nitrogens is 1. The number of nitro groups is 1. The van der Waals surface area contributed by atoms with Crippen molar-refractivity contribution in [2.24, 2.45) is 5.73 Å². The molecule has 1 heterocycles. The van der Waals surface area contributed by atoms with Crippen molar-refractivity contribution in [2.75, 3.05) is 6.54 Å². The van der Waals surface area contributed by atoms with Gasteiger partial charge in [0.05, 0.1) is 0 Å². The maximum absolute atomic E-state index is 11.5. The molecule has 1 aromatic rings. The maximum atomic E-state index is 11.5. The third-order valence-corrected chi connectivity index (χ3v) is 2.16. The summed E-state index contributed by atoms with van der Waals surface area (Å²) in [7, 11) is 0. The van der Waals surface area contributed by atoms with Crippen LogP contribution in [0, 0.1) is 10.1 Å². The molecule has 7 heteroatoms. The number of H-pyrrole nitrogens is 1. The van der Waals surface area contributed by atoms with Gasteiger partial charge in [-0.3, -0.25) is 4.79 Å². The number of nitrogens with one attached hydrogen (secondary N) is 2. The molecule has 16 heavy (non-hydrogen) atoms. The van der Waals surface area contributed by atoms with E-state index in [1.807, 2.05) is 6.92 Å². The van der Waals surface area contributed by atoms with Crippen LogP contribution in [-0.4, -0.2) is 28.4 Å². The molecule has 1 rings (SSSR count). The number of carbonyl (C=O) groups excluding carboxylic acids is 1. The molecule has 0 spiro atoms. The van der Waals surface area contributed by atoms with Gasteiger partial charge in [0.25, 0.3) is 5.91 Å². The Morgan fingerprint density at radius 3 is 2.88 bits per heavy atom. The minimum absolute atomic E-state index is 0.103. The van der Waals surface area contributed by atoms with E-state index in [0.29, 0.717) is 6.54 Å². The zero-order valence-electron chi connectivity index (χ0n) is 8.90. The molecule has 1 aromatic heterocycles. The van der Waals surface area contributed by atoms with Gasteiger partial charge in [0.1, 0.15) is 0 Å². The van der Waals surface area contributed by atoms with Crippen molar-refractivity contribution in [2.45, 2.75) is 19.4 Å². The van der Waals surface area contributed by atoms with Crippen LogP contribution in [0.5, 0.6) is 0 Å². The first-order valence-corrected chi connectivity index (χ1v) is 4.91. The standard InChI is InChI=1S/C9H14N4O3/c1-2-6(10)5-11-9(14)7-3-4-8(12-7)13(15)16/h3-4,6,12H,2,5,10H2,1H3,(H,11,14). The van der Waals surface area contributed by atoms with Crippen LogP contribution < -0.4 is 11.1 Å². The van der Waals surface area contributed by atoms with E-state index in [1.54, 1.807) is 0 Å². The Bertz CT molecular complexity index is 388. The molecule has 7 nitrogen and oxygen atoms in total. The lowest BCUT2D eigenvalue weighted by molar-refractivity contribution is -0.389. The first-order valence-electron chi connectivity index (χ1n) is 4.91. The summed E-state index contributed by atoms with van der Waals surface area (Å²) in [5.41, 5.74) is 5.78. The Hall–Kier alpha value is -1.89. The third-order valence-electron chi connectivity index (χ3n) is 2.16.